The molecule has 2 heterocycles. The lowest BCUT2D eigenvalue weighted by molar-refractivity contribution is 0.100. The fourth-order valence-corrected chi connectivity index (χ4v) is 2.48. The van der Waals surface area contributed by atoms with Crippen molar-refractivity contribution in [3.63, 3.8) is 0 Å². The van der Waals surface area contributed by atoms with Crippen LogP contribution in [-0.4, -0.2) is 23.4 Å². The Hall–Kier alpha value is 0.1000. The fraction of sp³-hybridized carbons (Fsp3) is 0.571. The van der Waals surface area contributed by atoms with Crippen LogP contribution in [0, 0.1) is 0 Å². The summed E-state index contributed by atoms with van der Waals surface area (Å²) < 4.78 is 5.32. The van der Waals surface area contributed by atoms with E-state index in [-0.39, 0.29) is 11.5 Å². The molecular weight excluding hydrogens is 231 g/mol. The summed E-state index contributed by atoms with van der Waals surface area (Å²) in [6.07, 6.45) is 0.806. The Kier molecular flexibility index (Phi) is 2.74. The second kappa shape index (κ2) is 3.69. The highest BCUT2D eigenvalue weighted by atomic mass is 35.5. The van der Waals surface area contributed by atoms with Gasteiger partial charge in [-0.25, -0.2) is 4.99 Å². The zero-order valence-corrected chi connectivity index (χ0v) is 9.03. The highest BCUT2D eigenvalue weighted by Gasteiger charge is 2.31. The van der Waals surface area contributed by atoms with Crippen molar-refractivity contribution in [1.29, 1.82) is 0 Å². The first kappa shape index (κ1) is 9.65. The van der Waals surface area contributed by atoms with Gasteiger partial charge in [-0.05, 0) is 18.0 Å². The predicted octanol–water partition coefficient (Wildman–Crippen LogP) is 1.68. The van der Waals surface area contributed by atoms with Crippen molar-refractivity contribution in [2.75, 3.05) is 6.61 Å². The molecule has 0 aromatic heterocycles. The number of aliphatic imine (C=N–C) groups is 1. The summed E-state index contributed by atoms with van der Waals surface area (Å²) in [6.45, 7) is 0.639. The molecule has 3 nitrogen and oxygen atoms in total. The zero-order chi connectivity index (χ0) is 9.42. The van der Waals surface area contributed by atoms with Gasteiger partial charge in [0.25, 0.3) is 0 Å². The van der Waals surface area contributed by atoms with E-state index in [1.165, 1.54) is 0 Å². The molecule has 0 bridgehead atoms. The maximum absolute atomic E-state index is 5.95. The number of fused-ring (bicyclic) bond motifs is 1. The molecule has 0 spiro atoms. The predicted molar refractivity (Wildman–Crippen MR) is 56.4 cm³/mol. The third-order valence-electron chi connectivity index (χ3n) is 2.03. The molecule has 0 unspecified atom stereocenters. The Morgan fingerprint density at radius 3 is 3.08 bits per heavy atom. The number of hydrogen-bond acceptors (Lipinski definition) is 4. The lowest BCUT2D eigenvalue weighted by Gasteiger charge is -2.31. The number of rotatable bonds is 0. The number of nitrogens with zero attached hydrogens (tertiary/aromatic N) is 1. The van der Waals surface area contributed by atoms with Crippen molar-refractivity contribution in [3.8, 4) is 0 Å². The van der Waals surface area contributed by atoms with Gasteiger partial charge in [0.2, 0.25) is 0 Å². The Balaban J connectivity index is 2.30. The van der Waals surface area contributed by atoms with Gasteiger partial charge >= 0.3 is 0 Å². The van der Waals surface area contributed by atoms with Gasteiger partial charge in [-0.15, -0.1) is 12.6 Å². The standard InChI is InChI=1S/C7H8Cl2N2OS/c8-5-4-3(10-7(9)11-5)1-2-12-6(4)13/h3,6,13H,1-2H2,(H,10,11)/t3-,6-/m0/s1. The summed E-state index contributed by atoms with van der Waals surface area (Å²) in [5, 5.41) is 3.57. The van der Waals surface area contributed by atoms with Crippen LogP contribution in [0.2, 0.25) is 0 Å². The van der Waals surface area contributed by atoms with Crippen LogP contribution >= 0.6 is 35.8 Å². The largest absolute Gasteiger partial charge is 0.363 e. The Labute approximate surface area is 91.5 Å². The molecule has 0 aromatic carbocycles. The molecule has 0 amide bonds. The van der Waals surface area contributed by atoms with Gasteiger partial charge in [-0.2, -0.15) is 0 Å². The first-order valence-corrected chi connectivity index (χ1v) is 5.15. The van der Waals surface area contributed by atoms with Crippen LogP contribution in [0.15, 0.2) is 15.7 Å². The number of thiol groups is 1. The lowest BCUT2D eigenvalue weighted by Crippen LogP contribution is -2.36. The number of nitrogens with one attached hydrogen (secondary N) is 1. The molecule has 0 radical (unpaired) electrons. The summed E-state index contributed by atoms with van der Waals surface area (Å²) in [4.78, 5) is 4.20. The molecule has 0 aromatic rings. The summed E-state index contributed by atoms with van der Waals surface area (Å²) in [5.41, 5.74) is 0.605. The minimum atomic E-state index is -0.271. The van der Waals surface area contributed by atoms with Crippen LogP contribution in [-0.2, 0) is 4.74 Å². The third-order valence-corrected chi connectivity index (χ3v) is 2.96. The second-order valence-corrected chi connectivity index (χ2v) is 4.05. The molecule has 2 aliphatic heterocycles. The molecule has 72 valence electrons. The Bertz CT molecular complexity index is 292. The summed E-state index contributed by atoms with van der Waals surface area (Å²) in [6, 6.07) is 0.0255. The van der Waals surface area contributed by atoms with Crippen LogP contribution in [0.25, 0.3) is 0 Å². The monoisotopic (exact) mass is 238 g/mol. The van der Waals surface area contributed by atoms with Crippen LogP contribution < -0.4 is 5.32 Å². The van der Waals surface area contributed by atoms with Crippen LogP contribution in [0.5, 0.6) is 0 Å². The average molecular weight is 239 g/mol. The minimum absolute atomic E-state index is 0.0255. The van der Waals surface area contributed by atoms with E-state index in [0.717, 1.165) is 12.0 Å². The van der Waals surface area contributed by atoms with Gasteiger partial charge in [-0.1, -0.05) is 11.6 Å². The van der Waals surface area contributed by atoms with E-state index in [1.54, 1.807) is 0 Å². The van der Waals surface area contributed by atoms with Gasteiger partial charge in [-0.3, -0.25) is 0 Å². The first-order valence-electron chi connectivity index (χ1n) is 3.88. The Morgan fingerprint density at radius 1 is 1.54 bits per heavy atom. The molecule has 1 N–H and O–H groups in total. The summed E-state index contributed by atoms with van der Waals surface area (Å²) in [7, 11) is 0. The van der Waals surface area contributed by atoms with Gasteiger partial charge < -0.3 is 10.1 Å². The van der Waals surface area contributed by atoms with E-state index in [0.29, 0.717) is 17.1 Å². The van der Waals surface area contributed by atoms with Crippen molar-refractivity contribution in [2.24, 2.45) is 4.99 Å². The fourth-order valence-electron chi connectivity index (χ4n) is 1.42. The number of hydrogen-bond donors (Lipinski definition) is 2. The van der Waals surface area contributed by atoms with Gasteiger partial charge in [0.1, 0.15) is 10.6 Å². The molecule has 2 atom stereocenters. The third kappa shape index (κ3) is 1.81. The van der Waals surface area contributed by atoms with E-state index in [2.05, 4.69) is 22.9 Å². The molecule has 2 rings (SSSR count). The number of halogens is 2. The molecule has 2 aliphatic rings. The smallest absolute Gasteiger partial charge is 0.197 e. The highest BCUT2D eigenvalue weighted by molar-refractivity contribution is 7.81. The van der Waals surface area contributed by atoms with Gasteiger partial charge in [0.15, 0.2) is 5.29 Å². The SMILES string of the molecule is S[C@@H]1OCC[C@@H]2N=C(Cl)NC(Cl)=C21. The molecule has 0 saturated carbocycles. The van der Waals surface area contributed by atoms with Crippen molar-refractivity contribution in [1.82, 2.24) is 5.32 Å². The lowest BCUT2D eigenvalue weighted by atomic mass is 10.0. The van der Waals surface area contributed by atoms with E-state index < -0.39 is 0 Å². The van der Waals surface area contributed by atoms with Crippen molar-refractivity contribution >= 4 is 41.1 Å². The topological polar surface area (TPSA) is 33.6 Å². The molecule has 1 saturated heterocycles. The number of ether oxygens (including phenoxy) is 1. The highest BCUT2D eigenvalue weighted by Crippen LogP contribution is 2.31. The quantitative estimate of drug-likeness (QED) is 0.498. The normalized spacial score (nSPS) is 33.6. The average Bonchev–Trinajstić information content (AvgIpc) is 2.02. The molecule has 0 aliphatic carbocycles. The minimum Gasteiger partial charge on any atom is -0.363 e. The van der Waals surface area contributed by atoms with Gasteiger partial charge in [0.05, 0.1) is 12.6 Å². The van der Waals surface area contributed by atoms with Crippen molar-refractivity contribution in [3.05, 3.63) is 10.7 Å². The van der Waals surface area contributed by atoms with E-state index in [4.69, 9.17) is 27.9 Å². The van der Waals surface area contributed by atoms with Crippen molar-refractivity contribution in [2.45, 2.75) is 17.9 Å². The summed E-state index contributed by atoms with van der Waals surface area (Å²) in [5.74, 6) is 0. The molecule has 13 heavy (non-hydrogen) atoms. The van der Waals surface area contributed by atoms with E-state index in [9.17, 15) is 0 Å². The van der Waals surface area contributed by atoms with Crippen LogP contribution in [0.4, 0.5) is 0 Å². The second-order valence-electron chi connectivity index (χ2n) is 2.84. The molecule has 1 fully saturated rings. The zero-order valence-electron chi connectivity index (χ0n) is 6.63. The Morgan fingerprint density at radius 2 is 2.31 bits per heavy atom. The maximum atomic E-state index is 5.95. The number of amidine groups is 1. The molecular formula is C7H8Cl2N2OS. The first-order chi connectivity index (χ1) is 6.18. The van der Waals surface area contributed by atoms with E-state index >= 15 is 0 Å². The molecule has 6 heteroatoms. The van der Waals surface area contributed by atoms with Gasteiger partial charge in [0, 0.05) is 5.57 Å². The van der Waals surface area contributed by atoms with Crippen molar-refractivity contribution < 1.29 is 4.74 Å². The maximum Gasteiger partial charge on any atom is 0.197 e. The van der Waals surface area contributed by atoms with E-state index in [1.807, 2.05) is 0 Å². The van der Waals surface area contributed by atoms with Crippen LogP contribution in [0.3, 0.4) is 0 Å². The summed E-state index contributed by atoms with van der Waals surface area (Å²) >= 11 is 15.9. The van der Waals surface area contributed by atoms with Crippen LogP contribution in [0.1, 0.15) is 6.42 Å².